The lowest BCUT2D eigenvalue weighted by Gasteiger charge is -2.35. The van der Waals surface area contributed by atoms with Crippen molar-refractivity contribution >= 4 is 23.4 Å². The van der Waals surface area contributed by atoms with Gasteiger partial charge in [0.2, 0.25) is 5.95 Å². The molecule has 1 aromatic carbocycles. The van der Waals surface area contributed by atoms with Gasteiger partial charge in [0.25, 0.3) is 5.91 Å². The number of carbonyl (C=O) groups excluding carboxylic acids is 1. The standard InChI is InChI=1S/C21H19N7O/c22-13-16-4-3-5-18(12-16)26-20(29)17-14-24-21(25-15-17)28-10-8-27(9-11-28)19-6-1-2-7-23-19/h1-7,12,14-15H,8-11H2,(H,26,29). The summed E-state index contributed by atoms with van der Waals surface area (Å²) in [4.78, 5) is 29.8. The molecule has 1 saturated heterocycles. The number of amides is 1. The number of nitrogens with zero attached hydrogens (tertiary/aromatic N) is 6. The molecule has 1 aliphatic heterocycles. The van der Waals surface area contributed by atoms with Gasteiger partial charge < -0.3 is 15.1 Å². The molecule has 8 nitrogen and oxygen atoms in total. The fraction of sp³-hybridized carbons (Fsp3) is 0.190. The van der Waals surface area contributed by atoms with Gasteiger partial charge in [0.05, 0.1) is 17.2 Å². The summed E-state index contributed by atoms with van der Waals surface area (Å²) in [6, 6.07) is 14.7. The van der Waals surface area contributed by atoms with E-state index in [1.165, 1.54) is 12.4 Å². The summed E-state index contributed by atoms with van der Waals surface area (Å²) < 4.78 is 0. The summed E-state index contributed by atoms with van der Waals surface area (Å²) >= 11 is 0. The predicted molar refractivity (Wildman–Crippen MR) is 110 cm³/mol. The zero-order valence-corrected chi connectivity index (χ0v) is 15.7. The molecule has 3 heterocycles. The summed E-state index contributed by atoms with van der Waals surface area (Å²) in [5.41, 5.74) is 1.41. The molecular weight excluding hydrogens is 366 g/mol. The molecule has 144 valence electrons. The van der Waals surface area contributed by atoms with Crippen LogP contribution in [-0.4, -0.2) is 47.0 Å². The van der Waals surface area contributed by atoms with Crippen LogP contribution in [0.1, 0.15) is 15.9 Å². The van der Waals surface area contributed by atoms with Crippen LogP contribution in [0.15, 0.2) is 61.1 Å². The minimum Gasteiger partial charge on any atom is -0.353 e. The van der Waals surface area contributed by atoms with Crippen LogP contribution < -0.4 is 15.1 Å². The highest BCUT2D eigenvalue weighted by Crippen LogP contribution is 2.16. The first-order chi connectivity index (χ1) is 14.2. The first-order valence-corrected chi connectivity index (χ1v) is 9.27. The zero-order chi connectivity index (χ0) is 20.1. The Morgan fingerprint density at radius 1 is 0.966 bits per heavy atom. The van der Waals surface area contributed by atoms with Gasteiger partial charge in [0.1, 0.15) is 5.82 Å². The van der Waals surface area contributed by atoms with E-state index < -0.39 is 0 Å². The molecule has 8 heteroatoms. The van der Waals surface area contributed by atoms with Gasteiger partial charge in [0.15, 0.2) is 0 Å². The van der Waals surface area contributed by atoms with E-state index in [0.717, 1.165) is 32.0 Å². The molecule has 1 amide bonds. The average Bonchev–Trinajstić information content (AvgIpc) is 2.80. The Morgan fingerprint density at radius 2 is 1.72 bits per heavy atom. The fourth-order valence-corrected chi connectivity index (χ4v) is 3.15. The molecular formula is C21H19N7O. The van der Waals surface area contributed by atoms with Gasteiger partial charge in [-0.05, 0) is 30.3 Å². The number of piperazine rings is 1. The third-order valence-corrected chi connectivity index (χ3v) is 4.69. The molecule has 4 rings (SSSR count). The number of hydrogen-bond acceptors (Lipinski definition) is 7. The van der Waals surface area contributed by atoms with Crippen LogP contribution in [0.3, 0.4) is 0 Å². The Kier molecular flexibility index (Phi) is 5.29. The first kappa shape index (κ1) is 18.4. The van der Waals surface area contributed by atoms with Gasteiger partial charge in [-0.15, -0.1) is 0 Å². The van der Waals surface area contributed by atoms with Crippen molar-refractivity contribution in [1.82, 2.24) is 15.0 Å². The maximum atomic E-state index is 12.4. The summed E-state index contributed by atoms with van der Waals surface area (Å²) in [5.74, 6) is 1.26. The summed E-state index contributed by atoms with van der Waals surface area (Å²) in [6.45, 7) is 3.22. The van der Waals surface area contributed by atoms with Crippen LogP contribution >= 0.6 is 0 Å². The quantitative estimate of drug-likeness (QED) is 0.736. The van der Waals surface area contributed by atoms with Gasteiger partial charge >= 0.3 is 0 Å². The molecule has 0 aliphatic carbocycles. The third kappa shape index (κ3) is 4.30. The van der Waals surface area contributed by atoms with Crippen LogP contribution in [0.4, 0.5) is 17.5 Å². The Hall–Kier alpha value is -3.99. The highest BCUT2D eigenvalue weighted by molar-refractivity contribution is 6.03. The molecule has 29 heavy (non-hydrogen) atoms. The lowest BCUT2D eigenvalue weighted by Crippen LogP contribution is -2.47. The van der Waals surface area contributed by atoms with Crippen molar-refractivity contribution in [2.24, 2.45) is 0 Å². The Labute approximate surface area is 168 Å². The number of aromatic nitrogens is 3. The lowest BCUT2D eigenvalue weighted by atomic mass is 10.2. The predicted octanol–water partition coefficient (Wildman–Crippen LogP) is 2.32. The van der Waals surface area contributed by atoms with Crippen molar-refractivity contribution in [3.63, 3.8) is 0 Å². The molecule has 3 aromatic rings. The number of nitrogens with one attached hydrogen (secondary N) is 1. The summed E-state index contributed by atoms with van der Waals surface area (Å²) in [7, 11) is 0. The largest absolute Gasteiger partial charge is 0.353 e. The van der Waals surface area contributed by atoms with Gasteiger partial charge in [-0.2, -0.15) is 5.26 Å². The van der Waals surface area contributed by atoms with Crippen LogP contribution in [0, 0.1) is 11.3 Å². The number of hydrogen-bond donors (Lipinski definition) is 1. The third-order valence-electron chi connectivity index (χ3n) is 4.69. The topological polar surface area (TPSA) is 98.0 Å². The molecule has 0 saturated carbocycles. The van der Waals surface area contributed by atoms with E-state index in [9.17, 15) is 4.79 Å². The van der Waals surface area contributed by atoms with E-state index in [1.807, 2.05) is 24.3 Å². The molecule has 0 bridgehead atoms. The number of carbonyl (C=O) groups is 1. The molecule has 0 radical (unpaired) electrons. The minimum atomic E-state index is -0.313. The van der Waals surface area contributed by atoms with E-state index >= 15 is 0 Å². The number of nitriles is 1. The van der Waals surface area contributed by atoms with Crippen LogP contribution in [-0.2, 0) is 0 Å². The normalized spacial score (nSPS) is 13.6. The Morgan fingerprint density at radius 3 is 2.41 bits per heavy atom. The number of rotatable bonds is 4. The molecule has 0 unspecified atom stereocenters. The zero-order valence-electron chi connectivity index (χ0n) is 15.7. The maximum Gasteiger partial charge on any atom is 0.258 e. The smallest absolute Gasteiger partial charge is 0.258 e. The minimum absolute atomic E-state index is 0.313. The van der Waals surface area contributed by atoms with E-state index in [1.54, 1.807) is 30.5 Å². The second-order valence-corrected chi connectivity index (χ2v) is 6.58. The molecule has 0 spiro atoms. The van der Waals surface area contributed by atoms with E-state index in [0.29, 0.717) is 22.8 Å². The number of benzene rings is 1. The number of pyridine rings is 1. The lowest BCUT2D eigenvalue weighted by molar-refractivity contribution is 0.102. The summed E-state index contributed by atoms with van der Waals surface area (Å²) in [6.07, 6.45) is 4.85. The summed E-state index contributed by atoms with van der Waals surface area (Å²) in [5, 5.41) is 11.7. The Balaban J connectivity index is 1.37. The highest BCUT2D eigenvalue weighted by atomic mass is 16.1. The fourth-order valence-electron chi connectivity index (χ4n) is 3.15. The first-order valence-electron chi connectivity index (χ1n) is 9.27. The van der Waals surface area contributed by atoms with Crippen molar-refractivity contribution in [3.05, 3.63) is 72.2 Å². The Bertz CT molecular complexity index is 1020. The molecule has 1 N–H and O–H groups in total. The van der Waals surface area contributed by atoms with Crippen molar-refractivity contribution < 1.29 is 4.79 Å². The van der Waals surface area contributed by atoms with E-state index in [4.69, 9.17) is 5.26 Å². The van der Waals surface area contributed by atoms with Crippen molar-refractivity contribution in [2.75, 3.05) is 41.3 Å². The van der Waals surface area contributed by atoms with Crippen LogP contribution in [0.2, 0.25) is 0 Å². The monoisotopic (exact) mass is 385 g/mol. The van der Waals surface area contributed by atoms with E-state index in [-0.39, 0.29) is 5.91 Å². The maximum absolute atomic E-state index is 12.4. The average molecular weight is 385 g/mol. The van der Waals surface area contributed by atoms with Gasteiger partial charge in [-0.3, -0.25) is 4.79 Å². The van der Waals surface area contributed by atoms with Gasteiger partial charge in [0, 0.05) is 50.5 Å². The van der Waals surface area contributed by atoms with Gasteiger partial charge in [-0.25, -0.2) is 15.0 Å². The molecule has 1 fully saturated rings. The molecule has 0 atom stereocenters. The SMILES string of the molecule is N#Cc1cccc(NC(=O)c2cnc(N3CCN(c4ccccn4)CC3)nc2)c1. The second-order valence-electron chi connectivity index (χ2n) is 6.58. The molecule has 1 aliphatic rings. The van der Waals surface area contributed by atoms with E-state index in [2.05, 4.69) is 30.1 Å². The van der Waals surface area contributed by atoms with Gasteiger partial charge in [-0.1, -0.05) is 12.1 Å². The van der Waals surface area contributed by atoms with Crippen LogP contribution in [0.25, 0.3) is 0 Å². The van der Waals surface area contributed by atoms with Crippen molar-refractivity contribution in [1.29, 1.82) is 5.26 Å². The second kappa shape index (κ2) is 8.35. The number of anilines is 3. The van der Waals surface area contributed by atoms with Crippen molar-refractivity contribution in [3.8, 4) is 6.07 Å². The highest BCUT2D eigenvalue weighted by Gasteiger charge is 2.20. The molecule has 2 aromatic heterocycles. The van der Waals surface area contributed by atoms with Crippen molar-refractivity contribution in [2.45, 2.75) is 0 Å². The van der Waals surface area contributed by atoms with Crippen LogP contribution in [0.5, 0.6) is 0 Å².